The summed E-state index contributed by atoms with van der Waals surface area (Å²) in [6, 6.07) is 4.60. The first-order chi connectivity index (χ1) is 8.17. The summed E-state index contributed by atoms with van der Waals surface area (Å²) in [5, 5.41) is 3.24. The Bertz CT molecular complexity index is 473. The molecule has 0 aliphatic heterocycles. The normalized spacial score (nSPS) is 12.9. The van der Waals surface area contributed by atoms with Crippen LogP contribution in [-0.4, -0.2) is 11.0 Å². The summed E-state index contributed by atoms with van der Waals surface area (Å²) in [7, 11) is 0. The maximum absolute atomic E-state index is 6.17. The molecule has 1 atom stereocenters. The molecule has 4 heteroatoms. The van der Waals surface area contributed by atoms with Gasteiger partial charge in [0.1, 0.15) is 0 Å². The Morgan fingerprint density at radius 1 is 1.29 bits per heavy atom. The molecule has 0 fully saturated rings. The van der Waals surface area contributed by atoms with Crippen LogP contribution < -0.4 is 5.73 Å². The lowest BCUT2D eigenvalue weighted by Crippen LogP contribution is -2.25. The van der Waals surface area contributed by atoms with Crippen molar-refractivity contribution in [2.24, 2.45) is 5.73 Å². The van der Waals surface area contributed by atoms with Gasteiger partial charge in [-0.05, 0) is 31.9 Å². The van der Waals surface area contributed by atoms with Crippen molar-refractivity contribution in [3.8, 4) is 0 Å². The second-order valence-corrected chi connectivity index (χ2v) is 6.47. The number of thiazole rings is 1. The van der Waals surface area contributed by atoms with Crippen LogP contribution in [0.3, 0.4) is 0 Å². The van der Waals surface area contributed by atoms with Gasteiger partial charge in [0, 0.05) is 33.3 Å². The van der Waals surface area contributed by atoms with Crippen LogP contribution >= 0.6 is 22.7 Å². The van der Waals surface area contributed by atoms with Crippen LogP contribution in [0.5, 0.6) is 0 Å². The zero-order valence-corrected chi connectivity index (χ0v) is 11.9. The van der Waals surface area contributed by atoms with E-state index in [9.17, 15) is 0 Å². The average Bonchev–Trinajstić information content (AvgIpc) is 2.88. The number of hydrogen-bond acceptors (Lipinski definition) is 4. The first-order valence-electron chi connectivity index (χ1n) is 5.91. The quantitative estimate of drug-likeness (QED) is 0.902. The monoisotopic (exact) mass is 266 g/mol. The smallest absolute Gasteiger partial charge is 0.0943 e. The topological polar surface area (TPSA) is 38.9 Å². The van der Waals surface area contributed by atoms with Gasteiger partial charge in [-0.2, -0.15) is 0 Å². The van der Waals surface area contributed by atoms with Gasteiger partial charge in [0.25, 0.3) is 0 Å². The van der Waals surface area contributed by atoms with Crippen molar-refractivity contribution in [3.63, 3.8) is 0 Å². The van der Waals surface area contributed by atoms with Gasteiger partial charge in [-0.3, -0.25) is 0 Å². The van der Waals surface area contributed by atoms with Crippen molar-refractivity contribution in [2.75, 3.05) is 0 Å². The van der Waals surface area contributed by atoms with E-state index in [0.717, 1.165) is 30.0 Å². The maximum atomic E-state index is 6.17. The van der Waals surface area contributed by atoms with Crippen molar-refractivity contribution in [2.45, 2.75) is 39.2 Å². The Balaban J connectivity index is 1.90. The van der Waals surface area contributed by atoms with Crippen molar-refractivity contribution in [1.29, 1.82) is 0 Å². The van der Waals surface area contributed by atoms with E-state index < -0.39 is 0 Å². The predicted molar refractivity (Wildman–Crippen MR) is 75.9 cm³/mol. The van der Waals surface area contributed by atoms with E-state index in [2.05, 4.69) is 29.4 Å². The number of rotatable bonds is 5. The molecule has 0 saturated carbocycles. The molecule has 2 N–H and O–H groups in total. The molecule has 0 aliphatic carbocycles. The van der Waals surface area contributed by atoms with Crippen LogP contribution in [-0.2, 0) is 19.3 Å². The van der Waals surface area contributed by atoms with Crippen molar-refractivity contribution in [3.05, 3.63) is 38.0 Å². The lowest BCUT2D eigenvalue weighted by atomic mass is 10.1. The number of nitrogens with zero attached hydrogens (tertiary/aromatic N) is 1. The highest BCUT2D eigenvalue weighted by molar-refractivity contribution is 7.12. The third-order valence-electron chi connectivity index (χ3n) is 2.63. The minimum Gasteiger partial charge on any atom is -0.327 e. The van der Waals surface area contributed by atoms with Gasteiger partial charge in [-0.25, -0.2) is 4.98 Å². The minimum atomic E-state index is 0.184. The van der Waals surface area contributed by atoms with E-state index in [4.69, 9.17) is 5.73 Å². The van der Waals surface area contributed by atoms with Crippen LogP contribution in [0.25, 0.3) is 0 Å². The highest BCUT2D eigenvalue weighted by Crippen LogP contribution is 2.19. The molecule has 2 heterocycles. The SMILES string of the molecule is CCc1ccc(CC(N)Cc2nc(C)cs2)s1. The molecule has 1 unspecified atom stereocenters. The summed E-state index contributed by atoms with van der Waals surface area (Å²) in [6.07, 6.45) is 2.97. The molecular formula is C13H18N2S2. The van der Waals surface area contributed by atoms with Gasteiger partial charge in [-0.1, -0.05) is 6.92 Å². The van der Waals surface area contributed by atoms with E-state index in [1.165, 1.54) is 9.75 Å². The number of thiophene rings is 1. The lowest BCUT2D eigenvalue weighted by Gasteiger charge is -2.07. The first-order valence-corrected chi connectivity index (χ1v) is 7.61. The van der Waals surface area contributed by atoms with Crippen molar-refractivity contribution in [1.82, 2.24) is 4.98 Å². The molecule has 17 heavy (non-hydrogen) atoms. The highest BCUT2D eigenvalue weighted by Gasteiger charge is 2.09. The molecule has 2 aromatic rings. The fraction of sp³-hybridized carbons (Fsp3) is 0.462. The third-order valence-corrected chi connectivity index (χ3v) is 4.87. The van der Waals surface area contributed by atoms with E-state index in [-0.39, 0.29) is 6.04 Å². The van der Waals surface area contributed by atoms with Gasteiger partial charge in [-0.15, -0.1) is 22.7 Å². The molecule has 2 rings (SSSR count). The Morgan fingerprint density at radius 3 is 2.65 bits per heavy atom. The predicted octanol–water partition coefficient (Wildman–Crippen LogP) is 3.19. The fourth-order valence-electron chi connectivity index (χ4n) is 1.77. The van der Waals surface area contributed by atoms with Gasteiger partial charge in [0.05, 0.1) is 5.01 Å². The molecule has 0 saturated heterocycles. The lowest BCUT2D eigenvalue weighted by molar-refractivity contribution is 0.667. The molecule has 0 aromatic carbocycles. The number of hydrogen-bond donors (Lipinski definition) is 1. The summed E-state index contributed by atoms with van der Waals surface area (Å²) in [6.45, 7) is 4.21. The van der Waals surface area contributed by atoms with Gasteiger partial charge in [0.2, 0.25) is 0 Å². The second-order valence-electron chi connectivity index (χ2n) is 4.27. The Hall–Kier alpha value is -0.710. The molecular weight excluding hydrogens is 248 g/mol. The standard InChI is InChI=1S/C13H18N2S2/c1-3-11-4-5-12(17-11)6-10(14)7-13-15-9(2)8-16-13/h4-5,8,10H,3,6-7,14H2,1-2H3. The summed E-state index contributed by atoms with van der Waals surface area (Å²) in [4.78, 5) is 7.29. The Morgan fingerprint density at radius 2 is 2.06 bits per heavy atom. The molecule has 92 valence electrons. The van der Waals surface area contributed by atoms with Crippen LogP contribution in [0.2, 0.25) is 0 Å². The summed E-state index contributed by atoms with van der Waals surface area (Å²) in [5.41, 5.74) is 7.27. The Labute approximate surface area is 111 Å². The molecule has 2 nitrogen and oxygen atoms in total. The summed E-state index contributed by atoms with van der Waals surface area (Å²) >= 11 is 3.59. The van der Waals surface area contributed by atoms with E-state index in [1.54, 1.807) is 11.3 Å². The van der Waals surface area contributed by atoms with Crippen LogP contribution in [0, 0.1) is 6.92 Å². The van der Waals surface area contributed by atoms with Crippen molar-refractivity contribution < 1.29 is 0 Å². The maximum Gasteiger partial charge on any atom is 0.0943 e. The first kappa shape index (κ1) is 12.7. The highest BCUT2D eigenvalue weighted by atomic mass is 32.1. The van der Waals surface area contributed by atoms with Gasteiger partial charge < -0.3 is 5.73 Å². The van der Waals surface area contributed by atoms with Crippen molar-refractivity contribution >= 4 is 22.7 Å². The number of aryl methyl sites for hydroxylation is 2. The van der Waals surface area contributed by atoms with E-state index in [1.807, 2.05) is 18.3 Å². The van der Waals surface area contributed by atoms with Gasteiger partial charge in [0.15, 0.2) is 0 Å². The van der Waals surface area contributed by atoms with Crippen LogP contribution in [0.4, 0.5) is 0 Å². The minimum absolute atomic E-state index is 0.184. The van der Waals surface area contributed by atoms with Gasteiger partial charge >= 0.3 is 0 Å². The molecule has 0 bridgehead atoms. The molecule has 0 radical (unpaired) electrons. The third kappa shape index (κ3) is 3.63. The van der Waals surface area contributed by atoms with E-state index in [0.29, 0.717) is 0 Å². The van der Waals surface area contributed by atoms with Crippen LogP contribution in [0.1, 0.15) is 27.4 Å². The molecule has 0 spiro atoms. The zero-order valence-electron chi connectivity index (χ0n) is 10.3. The molecule has 0 amide bonds. The Kier molecular flexibility index (Phi) is 4.31. The number of nitrogens with two attached hydrogens (primary N) is 1. The van der Waals surface area contributed by atoms with E-state index >= 15 is 0 Å². The summed E-state index contributed by atoms with van der Waals surface area (Å²) in [5.74, 6) is 0. The zero-order chi connectivity index (χ0) is 12.3. The molecule has 0 aliphatic rings. The molecule has 2 aromatic heterocycles. The number of aromatic nitrogens is 1. The average molecular weight is 266 g/mol. The van der Waals surface area contributed by atoms with Crippen LogP contribution in [0.15, 0.2) is 17.5 Å². The largest absolute Gasteiger partial charge is 0.327 e. The summed E-state index contributed by atoms with van der Waals surface area (Å²) < 4.78 is 0. The fourth-order valence-corrected chi connectivity index (χ4v) is 3.69. The second kappa shape index (κ2) is 5.76.